The summed E-state index contributed by atoms with van der Waals surface area (Å²) in [6, 6.07) is 3.43. The molecule has 5 heteroatoms. The Labute approximate surface area is 101 Å². The first kappa shape index (κ1) is 13.6. The van der Waals surface area contributed by atoms with Crippen LogP contribution in [0.5, 0.6) is 0 Å². The molecule has 17 heavy (non-hydrogen) atoms. The number of carboxylic acid groups (broad SMARTS) is 1. The lowest BCUT2D eigenvalue weighted by atomic mass is 10.2. The molecule has 0 aliphatic rings. The second-order valence-corrected chi connectivity index (χ2v) is 4.05. The Bertz CT molecular complexity index is 343. The van der Waals surface area contributed by atoms with E-state index in [2.05, 4.69) is 10.3 Å². The fraction of sp³-hybridized carbons (Fsp3) is 0.500. The number of pyridine rings is 1. The molecular formula is C12H19N3O2. The number of aliphatic carboxylic acids is 1. The summed E-state index contributed by atoms with van der Waals surface area (Å²) in [7, 11) is 3.59. The van der Waals surface area contributed by atoms with E-state index in [1.807, 2.05) is 24.1 Å². The zero-order valence-corrected chi connectivity index (χ0v) is 10.3. The minimum absolute atomic E-state index is 0.497. The van der Waals surface area contributed by atoms with E-state index in [0.29, 0.717) is 6.54 Å². The summed E-state index contributed by atoms with van der Waals surface area (Å²) in [6.07, 6.45) is 4.43. The average molecular weight is 237 g/mol. The van der Waals surface area contributed by atoms with Gasteiger partial charge in [-0.1, -0.05) is 0 Å². The van der Waals surface area contributed by atoms with Gasteiger partial charge in [-0.05, 0) is 38.2 Å². The van der Waals surface area contributed by atoms with E-state index < -0.39 is 12.0 Å². The Morgan fingerprint density at radius 1 is 1.53 bits per heavy atom. The van der Waals surface area contributed by atoms with Crippen LogP contribution in [0.2, 0.25) is 0 Å². The molecule has 1 heterocycles. The predicted molar refractivity (Wildman–Crippen MR) is 65.9 cm³/mol. The third-order valence-corrected chi connectivity index (χ3v) is 2.67. The van der Waals surface area contributed by atoms with Crippen molar-refractivity contribution < 1.29 is 9.90 Å². The maximum absolute atomic E-state index is 10.8. The highest BCUT2D eigenvalue weighted by molar-refractivity contribution is 5.73. The van der Waals surface area contributed by atoms with Crippen molar-refractivity contribution in [2.75, 3.05) is 27.2 Å². The van der Waals surface area contributed by atoms with Gasteiger partial charge < -0.3 is 15.3 Å². The normalized spacial score (nSPS) is 12.6. The molecule has 2 N–H and O–H groups in total. The number of nitrogens with one attached hydrogen (secondary N) is 1. The van der Waals surface area contributed by atoms with Gasteiger partial charge in [0.15, 0.2) is 0 Å². The highest BCUT2D eigenvalue weighted by atomic mass is 16.4. The first-order valence-corrected chi connectivity index (χ1v) is 5.61. The van der Waals surface area contributed by atoms with Crippen molar-refractivity contribution in [1.29, 1.82) is 0 Å². The van der Waals surface area contributed by atoms with Crippen molar-refractivity contribution in [2.45, 2.75) is 12.5 Å². The van der Waals surface area contributed by atoms with Gasteiger partial charge in [0.25, 0.3) is 0 Å². The molecule has 0 spiro atoms. The van der Waals surface area contributed by atoms with Crippen LogP contribution in [0, 0.1) is 0 Å². The highest BCUT2D eigenvalue weighted by Crippen LogP contribution is 1.99. The quantitative estimate of drug-likeness (QED) is 0.710. The van der Waals surface area contributed by atoms with Crippen molar-refractivity contribution in [3.63, 3.8) is 0 Å². The minimum Gasteiger partial charge on any atom is -0.480 e. The molecule has 94 valence electrons. The topological polar surface area (TPSA) is 65.5 Å². The molecule has 0 fully saturated rings. The van der Waals surface area contributed by atoms with Crippen molar-refractivity contribution in [3.05, 3.63) is 30.1 Å². The van der Waals surface area contributed by atoms with Crippen LogP contribution in [0.15, 0.2) is 24.5 Å². The molecule has 0 bridgehead atoms. The third kappa shape index (κ3) is 4.93. The summed E-state index contributed by atoms with van der Waals surface area (Å²) in [6.45, 7) is 1.33. The third-order valence-electron chi connectivity index (χ3n) is 2.67. The van der Waals surface area contributed by atoms with Gasteiger partial charge in [0.1, 0.15) is 6.04 Å². The molecule has 0 amide bonds. The Balaban J connectivity index is 2.34. The van der Waals surface area contributed by atoms with E-state index in [4.69, 9.17) is 5.11 Å². The van der Waals surface area contributed by atoms with Crippen LogP contribution in [-0.4, -0.2) is 54.2 Å². The van der Waals surface area contributed by atoms with Gasteiger partial charge in [0.05, 0.1) is 0 Å². The zero-order chi connectivity index (χ0) is 12.7. The smallest absolute Gasteiger partial charge is 0.322 e. The van der Waals surface area contributed by atoms with Crippen molar-refractivity contribution in [1.82, 2.24) is 15.2 Å². The molecule has 0 saturated heterocycles. The molecule has 1 rings (SSSR count). The van der Waals surface area contributed by atoms with Crippen LogP contribution in [0.4, 0.5) is 0 Å². The molecule has 0 aromatic carbocycles. The van der Waals surface area contributed by atoms with Crippen LogP contribution in [0.25, 0.3) is 0 Å². The van der Waals surface area contributed by atoms with E-state index in [9.17, 15) is 4.79 Å². The number of carbonyl (C=O) groups is 1. The standard InChI is InChI=1S/C12H19N3O2/c1-13-11(12(16)17)9-15(2)8-5-10-3-6-14-7-4-10/h3-4,6-7,11,13H,5,8-9H2,1-2H3,(H,16,17). The lowest BCUT2D eigenvalue weighted by Gasteiger charge is -2.20. The van der Waals surface area contributed by atoms with Crippen LogP contribution < -0.4 is 5.32 Å². The lowest BCUT2D eigenvalue weighted by molar-refractivity contribution is -0.139. The Morgan fingerprint density at radius 2 is 2.18 bits per heavy atom. The van der Waals surface area contributed by atoms with E-state index in [1.54, 1.807) is 19.4 Å². The molecule has 1 atom stereocenters. The Hall–Kier alpha value is -1.46. The number of rotatable bonds is 7. The molecule has 1 aromatic heterocycles. The molecule has 0 aliphatic carbocycles. The number of aromatic nitrogens is 1. The van der Waals surface area contributed by atoms with Crippen LogP contribution in [0.1, 0.15) is 5.56 Å². The number of hydrogen-bond donors (Lipinski definition) is 2. The van der Waals surface area contributed by atoms with Gasteiger partial charge in [-0.2, -0.15) is 0 Å². The van der Waals surface area contributed by atoms with Gasteiger partial charge in [-0.15, -0.1) is 0 Å². The van der Waals surface area contributed by atoms with Gasteiger partial charge in [-0.25, -0.2) is 0 Å². The Kier molecular flexibility index (Phi) is 5.59. The molecule has 0 radical (unpaired) electrons. The van der Waals surface area contributed by atoms with E-state index in [0.717, 1.165) is 13.0 Å². The number of nitrogens with zero attached hydrogens (tertiary/aromatic N) is 2. The lowest BCUT2D eigenvalue weighted by Crippen LogP contribution is -2.43. The molecule has 0 saturated carbocycles. The van der Waals surface area contributed by atoms with E-state index in [1.165, 1.54) is 5.56 Å². The summed E-state index contributed by atoms with van der Waals surface area (Å²) >= 11 is 0. The highest BCUT2D eigenvalue weighted by Gasteiger charge is 2.16. The second kappa shape index (κ2) is 6.98. The van der Waals surface area contributed by atoms with Crippen molar-refractivity contribution in [3.8, 4) is 0 Å². The van der Waals surface area contributed by atoms with E-state index in [-0.39, 0.29) is 0 Å². The first-order valence-electron chi connectivity index (χ1n) is 5.61. The number of hydrogen-bond acceptors (Lipinski definition) is 4. The van der Waals surface area contributed by atoms with Crippen LogP contribution >= 0.6 is 0 Å². The number of carboxylic acids is 1. The molecule has 5 nitrogen and oxygen atoms in total. The number of likely N-dealkylation sites (N-methyl/N-ethyl adjacent to an activating group) is 2. The second-order valence-electron chi connectivity index (χ2n) is 4.05. The average Bonchev–Trinajstić information content (AvgIpc) is 2.34. The minimum atomic E-state index is -0.816. The SMILES string of the molecule is CNC(CN(C)CCc1ccncc1)C(=O)O. The molecule has 1 aromatic rings. The fourth-order valence-corrected chi connectivity index (χ4v) is 1.57. The van der Waals surface area contributed by atoms with Crippen LogP contribution in [-0.2, 0) is 11.2 Å². The predicted octanol–water partition coefficient (Wildman–Crippen LogP) is 0.228. The summed E-state index contributed by atoms with van der Waals surface area (Å²) in [5.41, 5.74) is 1.21. The Morgan fingerprint density at radius 3 is 2.71 bits per heavy atom. The van der Waals surface area contributed by atoms with Gasteiger partial charge in [0, 0.05) is 25.5 Å². The summed E-state index contributed by atoms with van der Waals surface area (Å²) in [5, 5.41) is 11.7. The summed E-state index contributed by atoms with van der Waals surface area (Å²) in [5.74, 6) is -0.816. The van der Waals surface area contributed by atoms with E-state index >= 15 is 0 Å². The monoisotopic (exact) mass is 237 g/mol. The first-order chi connectivity index (χ1) is 8.13. The van der Waals surface area contributed by atoms with Gasteiger partial charge in [0.2, 0.25) is 0 Å². The fourth-order valence-electron chi connectivity index (χ4n) is 1.57. The van der Waals surface area contributed by atoms with Gasteiger partial charge in [-0.3, -0.25) is 9.78 Å². The molecular weight excluding hydrogens is 218 g/mol. The van der Waals surface area contributed by atoms with Crippen molar-refractivity contribution >= 4 is 5.97 Å². The van der Waals surface area contributed by atoms with Crippen molar-refractivity contribution in [2.24, 2.45) is 0 Å². The zero-order valence-electron chi connectivity index (χ0n) is 10.3. The largest absolute Gasteiger partial charge is 0.480 e. The summed E-state index contributed by atoms with van der Waals surface area (Å²) in [4.78, 5) is 16.8. The molecule has 0 aliphatic heterocycles. The maximum atomic E-state index is 10.8. The van der Waals surface area contributed by atoms with Gasteiger partial charge >= 0.3 is 5.97 Å². The molecule has 1 unspecified atom stereocenters. The maximum Gasteiger partial charge on any atom is 0.322 e. The van der Waals surface area contributed by atoms with Crippen LogP contribution in [0.3, 0.4) is 0 Å². The summed E-state index contributed by atoms with van der Waals surface area (Å²) < 4.78 is 0.